The van der Waals surface area contributed by atoms with Crippen molar-refractivity contribution in [2.45, 2.75) is 44.6 Å². The van der Waals surface area contributed by atoms with Gasteiger partial charge < -0.3 is 24.6 Å². The summed E-state index contributed by atoms with van der Waals surface area (Å²) in [5, 5.41) is 4.08. The van der Waals surface area contributed by atoms with Gasteiger partial charge in [0, 0.05) is 37.5 Å². The summed E-state index contributed by atoms with van der Waals surface area (Å²) >= 11 is 6.00. The van der Waals surface area contributed by atoms with Crippen LogP contribution in [-0.2, 0) is 0 Å². The molecular weight excluding hydrogens is 493 g/mol. The van der Waals surface area contributed by atoms with E-state index in [1.165, 1.54) is 44.7 Å². The molecule has 0 atom stereocenters. The monoisotopic (exact) mass is 527 g/mol. The molecule has 2 aromatic carbocycles. The largest absolute Gasteiger partial charge is 0.493 e. The summed E-state index contributed by atoms with van der Waals surface area (Å²) in [5.74, 6) is 1.54. The molecule has 198 valence electrons. The lowest BCUT2D eigenvalue weighted by atomic mass is 10.1. The van der Waals surface area contributed by atoms with Crippen molar-refractivity contribution in [1.29, 1.82) is 0 Å². The third-order valence-electron chi connectivity index (χ3n) is 7.15. The third-order valence-corrected chi connectivity index (χ3v) is 7.44. The van der Waals surface area contributed by atoms with E-state index < -0.39 is 5.82 Å². The second-order valence-electron chi connectivity index (χ2n) is 10.0. The molecule has 1 aromatic heterocycles. The van der Waals surface area contributed by atoms with Crippen molar-refractivity contribution in [2.24, 2.45) is 0 Å². The molecule has 3 heterocycles. The fourth-order valence-electron chi connectivity index (χ4n) is 5.05. The number of halogens is 2. The highest BCUT2D eigenvalue weighted by atomic mass is 35.5. The van der Waals surface area contributed by atoms with Gasteiger partial charge in [-0.05, 0) is 70.4 Å². The van der Waals surface area contributed by atoms with Crippen molar-refractivity contribution in [2.75, 3.05) is 51.7 Å². The van der Waals surface area contributed by atoms with Gasteiger partial charge in [-0.25, -0.2) is 14.4 Å². The zero-order valence-corrected chi connectivity index (χ0v) is 22.1. The number of piperidine rings is 2. The number of ether oxygens (including phenoxy) is 2. The summed E-state index contributed by atoms with van der Waals surface area (Å²) in [4.78, 5) is 13.8. The van der Waals surface area contributed by atoms with Crippen molar-refractivity contribution < 1.29 is 13.9 Å². The van der Waals surface area contributed by atoms with E-state index in [1.54, 1.807) is 12.1 Å². The van der Waals surface area contributed by atoms with Crippen molar-refractivity contribution in [3.63, 3.8) is 0 Å². The van der Waals surface area contributed by atoms with E-state index in [-0.39, 0.29) is 11.1 Å². The van der Waals surface area contributed by atoms with Crippen LogP contribution in [0.3, 0.4) is 0 Å². The Morgan fingerprint density at radius 3 is 2.65 bits per heavy atom. The minimum absolute atomic E-state index is 0.0476. The summed E-state index contributed by atoms with van der Waals surface area (Å²) in [7, 11) is 2.13. The van der Waals surface area contributed by atoms with Gasteiger partial charge in [-0.15, -0.1) is 0 Å². The standard InChI is InChI=1S/C28H35ClFN5O2/c1-34-13-8-21(9-14-34)37-26-18-22(36-15-5-12-35-10-3-2-4-11-35)17-25-27(26)28(32-19-31-25)33-20-6-7-24(30)23(29)16-20/h6-7,16-19,21H,2-5,8-15H2,1H3,(H,31,32,33). The van der Waals surface area contributed by atoms with Crippen molar-refractivity contribution in [1.82, 2.24) is 19.8 Å². The Labute approximate surface area is 222 Å². The molecule has 0 unspecified atom stereocenters. The maximum atomic E-state index is 13.7. The molecule has 2 aliphatic rings. The maximum Gasteiger partial charge on any atom is 0.145 e. The number of likely N-dealkylation sites (tertiary alicyclic amines) is 2. The average molecular weight is 528 g/mol. The van der Waals surface area contributed by atoms with Crippen molar-refractivity contribution in [3.8, 4) is 11.5 Å². The highest BCUT2D eigenvalue weighted by Gasteiger charge is 2.21. The smallest absolute Gasteiger partial charge is 0.145 e. The van der Waals surface area contributed by atoms with Crippen LogP contribution in [0.4, 0.5) is 15.9 Å². The van der Waals surface area contributed by atoms with Gasteiger partial charge in [0.2, 0.25) is 0 Å². The molecule has 0 amide bonds. The Morgan fingerprint density at radius 2 is 1.86 bits per heavy atom. The van der Waals surface area contributed by atoms with Crippen molar-refractivity contribution >= 4 is 34.0 Å². The lowest BCUT2D eigenvalue weighted by Crippen LogP contribution is -2.35. The Hall–Kier alpha value is -2.68. The first kappa shape index (κ1) is 25.9. The van der Waals surface area contributed by atoms with Crippen LogP contribution in [0.5, 0.6) is 11.5 Å². The summed E-state index contributed by atoms with van der Waals surface area (Å²) in [6, 6.07) is 8.39. The van der Waals surface area contributed by atoms with Crippen LogP contribution >= 0.6 is 11.6 Å². The fourth-order valence-corrected chi connectivity index (χ4v) is 5.24. The second kappa shape index (κ2) is 12.2. The number of hydrogen-bond acceptors (Lipinski definition) is 7. The van der Waals surface area contributed by atoms with Gasteiger partial charge in [-0.2, -0.15) is 0 Å². The second-order valence-corrected chi connectivity index (χ2v) is 10.4. The number of hydrogen-bond donors (Lipinski definition) is 1. The number of nitrogens with zero attached hydrogens (tertiary/aromatic N) is 4. The van der Waals surface area contributed by atoms with Crippen LogP contribution in [0, 0.1) is 5.82 Å². The minimum atomic E-state index is -0.465. The average Bonchev–Trinajstić information content (AvgIpc) is 2.91. The Balaban J connectivity index is 1.38. The number of aromatic nitrogens is 2. The summed E-state index contributed by atoms with van der Waals surface area (Å²) < 4.78 is 26.4. The molecule has 7 nitrogen and oxygen atoms in total. The van der Waals surface area contributed by atoms with Gasteiger partial charge in [0.15, 0.2) is 0 Å². The highest BCUT2D eigenvalue weighted by molar-refractivity contribution is 6.31. The molecule has 9 heteroatoms. The molecule has 0 radical (unpaired) electrons. The van der Waals surface area contributed by atoms with E-state index in [9.17, 15) is 4.39 Å². The molecule has 0 saturated carbocycles. The van der Waals surface area contributed by atoms with Crippen LogP contribution in [-0.4, -0.2) is 72.3 Å². The predicted molar refractivity (Wildman–Crippen MR) is 146 cm³/mol. The topological polar surface area (TPSA) is 62.8 Å². The fraction of sp³-hybridized carbons (Fsp3) is 0.500. The van der Waals surface area contributed by atoms with Crippen molar-refractivity contribution in [3.05, 3.63) is 47.5 Å². The van der Waals surface area contributed by atoms with E-state index in [4.69, 9.17) is 21.1 Å². The van der Waals surface area contributed by atoms with Gasteiger partial charge >= 0.3 is 0 Å². The quantitative estimate of drug-likeness (QED) is 0.348. The predicted octanol–water partition coefficient (Wildman–Crippen LogP) is 5.89. The van der Waals surface area contributed by atoms with Gasteiger partial charge in [0.25, 0.3) is 0 Å². The number of benzene rings is 2. The molecule has 37 heavy (non-hydrogen) atoms. The van der Waals surface area contributed by atoms with Crippen LogP contribution < -0.4 is 14.8 Å². The molecule has 3 aromatic rings. The molecule has 0 bridgehead atoms. The highest BCUT2D eigenvalue weighted by Crippen LogP contribution is 2.37. The zero-order chi connectivity index (χ0) is 25.6. The lowest BCUT2D eigenvalue weighted by molar-refractivity contribution is 0.115. The van der Waals surface area contributed by atoms with Gasteiger partial charge in [0.05, 0.1) is 22.5 Å². The molecule has 2 fully saturated rings. The molecule has 1 N–H and O–H groups in total. The molecule has 2 saturated heterocycles. The first-order valence-corrected chi connectivity index (χ1v) is 13.6. The Kier molecular flexibility index (Phi) is 8.59. The Morgan fingerprint density at radius 1 is 1.05 bits per heavy atom. The van der Waals surface area contributed by atoms with E-state index in [1.807, 2.05) is 12.1 Å². The van der Waals surface area contributed by atoms with Crippen LogP contribution in [0.2, 0.25) is 5.02 Å². The first-order valence-electron chi connectivity index (χ1n) is 13.3. The lowest BCUT2D eigenvalue weighted by Gasteiger charge is -2.30. The molecule has 2 aliphatic heterocycles. The number of rotatable bonds is 9. The minimum Gasteiger partial charge on any atom is -0.493 e. The van der Waals surface area contributed by atoms with E-state index >= 15 is 0 Å². The summed E-state index contributed by atoms with van der Waals surface area (Å²) in [6.45, 7) is 6.06. The van der Waals surface area contributed by atoms with Gasteiger partial charge in [-0.1, -0.05) is 18.0 Å². The first-order chi connectivity index (χ1) is 18.0. The molecular formula is C28H35ClFN5O2. The number of fused-ring (bicyclic) bond motifs is 1. The normalized spacial score (nSPS) is 17.7. The maximum absolute atomic E-state index is 13.7. The van der Waals surface area contributed by atoms with Crippen LogP contribution in [0.25, 0.3) is 10.9 Å². The number of anilines is 2. The summed E-state index contributed by atoms with van der Waals surface area (Å²) in [6.07, 6.45) is 8.41. The van der Waals surface area contributed by atoms with E-state index in [0.29, 0.717) is 23.9 Å². The third kappa shape index (κ3) is 6.80. The number of nitrogens with one attached hydrogen (secondary N) is 1. The summed E-state index contributed by atoms with van der Waals surface area (Å²) in [5.41, 5.74) is 1.36. The molecule has 5 rings (SSSR count). The van der Waals surface area contributed by atoms with E-state index in [2.05, 4.69) is 32.1 Å². The van der Waals surface area contributed by atoms with Crippen LogP contribution in [0.1, 0.15) is 38.5 Å². The molecule has 0 aliphatic carbocycles. The van der Waals surface area contributed by atoms with E-state index in [0.717, 1.165) is 55.5 Å². The van der Waals surface area contributed by atoms with Gasteiger partial charge in [-0.3, -0.25) is 0 Å². The molecule has 0 spiro atoms. The van der Waals surface area contributed by atoms with Gasteiger partial charge in [0.1, 0.15) is 35.6 Å². The zero-order valence-electron chi connectivity index (χ0n) is 21.4. The SMILES string of the molecule is CN1CCC(Oc2cc(OCCCN3CCCCC3)cc3ncnc(Nc4ccc(F)c(Cl)c4)c23)CC1. The van der Waals surface area contributed by atoms with Crippen LogP contribution in [0.15, 0.2) is 36.7 Å². The Bertz CT molecular complexity index is 1200.